The van der Waals surface area contributed by atoms with Gasteiger partial charge in [-0.25, -0.2) is 4.79 Å². The van der Waals surface area contributed by atoms with E-state index in [9.17, 15) is 9.59 Å². The van der Waals surface area contributed by atoms with Crippen molar-refractivity contribution in [2.24, 2.45) is 0 Å². The molecule has 18 heavy (non-hydrogen) atoms. The number of methoxy groups -OCH3 is 1. The van der Waals surface area contributed by atoms with Gasteiger partial charge >= 0.3 is 5.97 Å². The number of rotatable bonds is 4. The molecule has 0 saturated carbocycles. The van der Waals surface area contributed by atoms with Crippen LogP contribution in [0.3, 0.4) is 0 Å². The topological polar surface area (TPSA) is 75.6 Å². The number of aliphatic hydroxyl groups excluding tert-OH is 1. The van der Waals surface area contributed by atoms with Crippen LogP contribution in [0.25, 0.3) is 0 Å². The largest absolute Gasteiger partial charge is 0.467 e. The molecule has 1 aromatic rings. The lowest BCUT2D eigenvalue weighted by Crippen LogP contribution is -2.44. The van der Waals surface area contributed by atoms with Crippen molar-refractivity contribution in [1.82, 2.24) is 5.32 Å². The molecule has 6 heteroatoms. The Bertz CT molecular complexity index is 441. The lowest BCUT2D eigenvalue weighted by molar-refractivity contribution is -0.143. The van der Waals surface area contributed by atoms with Crippen LogP contribution in [-0.4, -0.2) is 36.7 Å². The minimum Gasteiger partial charge on any atom is -0.467 e. The third kappa shape index (κ3) is 3.72. The summed E-state index contributed by atoms with van der Waals surface area (Å²) in [5.41, 5.74) is 1.15. The van der Waals surface area contributed by atoms with Crippen LogP contribution < -0.4 is 5.32 Å². The van der Waals surface area contributed by atoms with Crippen LogP contribution in [-0.2, 0) is 9.53 Å². The summed E-state index contributed by atoms with van der Waals surface area (Å²) in [6, 6.07) is 3.74. The van der Waals surface area contributed by atoms with E-state index in [2.05, 4.69) is 10.1 Å². The predicted molar refractivity (Wildman–Crippen MR) is 66.5 cm³/mol. The summed E-state index contributed by atoms with van der Waals surface area (Å²) in [4.78, 5) is 23.1. The summed E-state index contributed by atoms with van der Waals surface area (Å²) in [6.45, 7) is 1.27. The number of aliphatic hydroxyl groups is 1. The minimum atomic E-state index is -1.08. The first-order chi connectivity index (χ1) is 8.47. The van der Waals surface area contributed by atoms with E-state index in [-0.39, 0.29) is 0 Å². The second-order valence-corrected chi connectivity index (χ2v) is 4.19. The summed E-state index contributed by atoms with van der Waals surface area (Å²) < 4.78 is 4.45. The third-order valence-corrected chi connectivity index (χ3v) is 2.50. The van der Waals surface area contributed by atoms with Crippen molar-refractivity contribution in [3.05, 3.63) is 34.3 Å². The maximum Gasteiger partial charge on any atom is 0.330 e. The van der Waals surface area contributed by atoms with Crippen molar-refractivity contribution in [2.75, 3.05) is 13.7 Å². The number of nitrogens with one attached hydrogen (secondary N) is 1. The molecular formula is C12H14ClNO4. The fourth-order valence-corrected chi connectivity index (χ4v) is 1.72. The van der Waals surface area contributed by atoms with Crippen molar-refractivity contribution in [1.29, 1.82) is 0 Å². The molecule has 1 amide bonds. The molecule has 0 heterocycles. The Balaban J connectivity index is 2.84. The highest BCUT2D eigenvalue weighted by molar-refractivity contribution is 6.31. The second kappa shape index (κ2) is 6.37. The molecule has 0 aliphatic carbocycles. The highest BCUT2D eigenvalue weighted by atomic mass is 35.5. The zero-order valence-electron chi connectivity index (χ0n) is 10.1. The molecular weight excluding hydrogens is 258 g/mol. The van der Waals surface area contributed by atoms with Gasteiger partial charge in [0.1, 0.15) is 0 Å². The van der Waals surface area contributed by atoms with Gasteiger partial charge in [-0.2, -0.15) is 0 Å². The number of halogens is 1. The minimum absolute atomic E-state index is 0.322. The summed E-state index contributed by atoms with van der Waals surface area (Å²) >= 11 is 5.83. The van der Waals surface area contributed by atoms with Crippen LogP contribution in [0.2, 0.25) is 5.02 Å². The monoisotopic (exact) mass is 271 g/mol. The zero-order chi connectivity index (χ0) is 13.7. The standard InChI is InChI=1S/C12H14ClNO4/c1-7-3-8(5-9(13)4-7)11(16)14-10(6-15)12(17)18-2/h3-5,10,15H,6H2,1-2H3,(H,14,16). The van der Waals surface area contributed by atoms with E-state index in [4.69, 9.17) is 16.7 Å². The molecule has 1 unspecified atom stereocenters. The van der Waals surface area contributed by atoms with Crippen molar-refractivity contribution in [3.8, 4) is 0 Å². The third-order valence-electron chi connectivity index (χ3n) is 2.28. The number of benzene rings is 1. The maximum absolute atomic E-state index is 11.9. The van der Waals surface area contributed by atoms with Crippen LogP contribution >= 0.6 is 11.6 Å². The fourth-order valence-electron chi connectivity index (χ4n) is 1.43. The Morgan fingerprint density at radius 1 is 1.44 bits per heavy atom. The zero-order valence-corrected chi connectivity index (χ0v) is 10.8. The average Bonchev–Trinajstić information content (AvgIpc) is 2.33. The van der Waals surface area contributed by atoms with E-state index in [1.165, 1.54) is 13.2 Å². The lowest BCUT2D eigenvalue weighted by Gasteiger charge is -2.14. The van der Waals surface area contributed by atoms with Crippen LogP contribution in [0.15, 0.2) is 18.2 Å². The molecule has 98 valence electrons. The van der Waals surface area contributed by atoms with Gasteiger partial charge in [0.05, 0.1) is 13.7 Å². The van der Waals surface area contributed by atoms with E-state index < -0.39 is 24.5 Å². The molecule has 5 nitrogen and oxygen atoms in total. The average molecular weight is 272 g/mol. The molecule has 0 saturated heterocycles. The predicted octanol–water partition coefficient (Wildman–Crippen LogP) is 0.912. The normalized spacial score (nSPS) is 11.8. The van der Waals surface area contributed by atoms with Crippen molar-refractivity contribution in [2.45, 2.75) is 13.0 Å². The molecule has 0 spiro atoms. The molecule has 0 aliphatic heterocycles. The van der Waals surface area contributed by atoms with Gasteiger partial charge < -0.3 is 15.2 Å². The van der Waals surface area contributed by atoms with Gasteiger partial charge in [-0.3, -0.25) is 4.79 Å². The smallest absolute Gasteiger partial charge is 0.330 e. The number of amides is 1. The van der Waals surface area contributed by atoms with Gasteiger partial charge in [0.2, 0.25) is 0 Å². The number of aryl methyl sites for hydroxylation is 1. The molecule has 1 rings (SSSR count). The van der Waals surface area contributed by atoms with Gasteiger partial charge in [0.15, 0.2) is 6.04 Å². The Labute approximate surface area is 110 Å². The number of ether oxygens (including phenoxy) is 1. The first kappa shape index (κ1) is 14.5. The number of carbonyl (C=O) groups excluding carboxylic acids is 2. The SMILES string of the molecule is COC(=O)C(CO)NC(=O)c1cc(C)cc(Cl)c1. The van der Waals surface area contributed by atoms with Gasteiger partial charge in [-0.15, -0.1) is 0 Å². The van der Waals surface area contributed by atoms with Crippen LogP contribution in [0.1, 0.15) is 15.9 Å². The summed E-state index contributed by atoms with van der Waals surface area (Å²) in [7, 11) is 1.18. The molecule has 0 fully saturated rings. The first-order valence-corrected chi connectivity index (χ1v) is 5.62. The maximum atomic E-state index is 11.9. The number of hydrogen-bond donors (Lipinski definition) is 2. The van der Waals surface area contributed by atoms with Crippen molar-refractivity contribution < 1.29 is 19.4 Å². The number of hydrogen-bond acceptors (Lipinski definition) is 4. The van der Waals surface area contributed by atoms with Gasteiger partial charge in [-0.1, -0.05) is 11.6 Å². The van der Waals surface area contributed by atoms with Gasteiger partial charge in [-0.05, 0) is 30.7 Å². The van der Waals surface area contributed by atoms with E-state index in [0.29, 0.717) is 10.6 Å². The molecule has 0 radical (unpaired) electrons. The number of esters is 1. The summed E-state index contributed by atoms with van der Waals surface area (Å²) in [5.74, 6) is -1.20. The van der Waals surface area contributed by atoms with Gasteiger partial charge in [0, 0.05) is 10.6 Å². The Morgan fingerprint density at radius 2 is 2.11 bits per heavy atom. The molecule has 2 N–H and O–H groups in total. The van der Waals surface area contributed by atoms with Crippen LogP contribution in [0.4, 0.5) is 0 Å². The van der Waals surface area contributed by atoms with Crippen LogP contribution in [0.5, 0.6) is 0 Å². The summed E-state index contributed by atoms with van der Waals surface area (Å²) in [6.07, 6.45) is 0. The highest BCUT2D eigenvalue weighted by Gasteiger charge is 2.21. The first-order valence-electron chi connectivity index (χ1n) is 5.24. The lowest BCUT2D eigenvalue weighted by atomic mass is 10.1. The molecule has 0 bridgehead atoms. The quantitative estimate of drug-likeness (QED) is 0.798. The van der Waals surface area contributed by atoms with Gasteiger partial charge in [0.25, 0.3) is 5.91 Å². The summed E-state index contributed by atoms with van der Waals surface area (Å²) in [5, 5.41) is 11.8. The molecule has 0 aliphatic rings. The molecule has 1 aromatic carbocycles. The van der Waals surface area contributed by atoms with E-state index >= 15 is 0 Å². The van der Waals surface area contributed by atoms with Crippen molar-refractivity contribution >= 4 is 23.5 Å². The highest BCUT2D eigenvalue weighted by Crippen LogP contribution is 2.14. The van der Waals surface area contributed by atoms with Crippen molar-refractivity contribution in [3.63, 3.8) is 0 Å². The van der Waals surface area contributed by atoms with E-state index in [1.54, 1.807) is 19.1 Å². The molecule has 1 atom stereocenters. The number of carbonyl (C=O) groups is 2. The van der Waals surface area contributed by atoms with E-state index in [0.717, 1.165) is 5.56 Å². The fraction of sp³-hybridized carbons (Fsp3) is 0.333. The van der Waals surface area contributed by atoms with Crippen LogP contribution in [0, 0.1) is 6.92 Å². The molecule has 0 aromatic heterocycles. The van der Waals surface area contributed by atoms with E-state index in [1.807, 2.05) is 0 Å². The Morgan fingerprint density at radius 3 is 2.61 bits per heavy atom. The Hall–Kier alpha value is -1.59. The Kier molecular flexibility index (Phi) is 5.12. The second-order valence-electron chi connectivity index (χ2n) is 3.75.